The normalized spacial score (nSPS) is 24.2. The molecule has 12 heavy (non-hydrogen) atoms. The van der Waals surface area contributed by atoms with Crippen molar-refractivity contribution in [1.29, 1.82) is 0 Å². The summed E-state index contributed by atoms with van der Waals surface area (Å²) >= 11 is 2.05. The second-order valence-electron chi connectivity index (χ2n) is 2.96. The first kappa shape index (κ1) is 8.13. The zero-order chi connectivity index (χ0) is 8.23. The number of hydrogen-bond acceptors (Lipinski definition) is 3. The van der Waals surface area contributed by atoms with Gasteiger partial charge in [-0.2, -0.15) is 11.8 Å². The lowest BCUT2D eigenvalue weighted by Gasteiger charge is -2.22. The van der Waals surface area contributed by atoms with Gasteiger partial charge in [-0.15, -0.1) is 0 Å². The lowest BCUT2D eigenvalue weighted by Crippen LogP contribution is -2.34. The number of rotatable bonds is 2. The molecule has 1 aromatic heterocycles. The minimum atomic E-state index is 0.716. The van der Waals surface area contributed by atoms with E-state index in [0.29, 0.717) is 5.25 Å². The fourth-order valence-electron chi connectivity index (χ4n) is 1.37. The molecule has 3 nitrogen and oxygen atoms in total. The average molecular weight is 183 g/mol. The number of imidazole rings is 1. The van der Waals surface area contributed by atoms with Gasteiger partial charge in [-0.05, 0) is 0 Å². The maximum absolute atomic E-state index is 4.02. The van der Waals surface area contributed by atoms with E-state index in [1.165, 1.54) is 5.75 Å². The molecule has 1 saturated heterocycles. The molecule has 2 rings (SSSR count). The number of hydrogen-bond donors (Lipinski definition) is 1. The van der Waals surface area contributed by atoms with E-state index in [0.717, 1.165) is 19.6 Å². The Kier molecular flexibility index (Phi) is 2.68. The molecule has 1 N–H and O–H groups in total. The molecule has 0 amide bonds. The summed E-state index contributed by atoms with van der Waals surface area (Å²) in [7, 11) is 0. The summed E-state index contributed by atoms with van der Waals surface area (Å²) in [5.41, 5.74) is 0. The van der Waals surface area contributed by atoms with Crippen molar-refractivity contribution in [3.63, 3.8) is 0 Å². The largest absolute Gasteiger partial charge is 0.336 e. The monoisotopic (exact) mass is 183 g/mol. The third-order valence-electron chi connectivity index (χ3n) is 1.98. The van der Waals surface area contributed by atoms with Crippen LogP contribution >= 0.6 is 11.8 Å². The van der Waals surface area contributed by atoms with E-state index in [2.05, 4.69) is 26.6 Å². The van der Waals surface area contributed by atoms with Crippen LogP contribution < -0.4 is 5.32 Å². The van der Waals surface area contributed by atoms with Gasteiger partial charge in [0.25, 0.3) is 0 Å². The van der Waals surface area contributed by atoms with Gasteiger partial charge in [-0.25, -0.2) is 4.98 Å². The lowest BCUT2D eigenvalue weighted by molar-refractivity contribution is 0.592. The molecule has 0 aliphatic carbocycles. The molecule has 2 heterocycles. The highest BCUT2D eigenvalue weighted by Crippen LogP contribution is 2.14. The molecular formula is C8H13N3S. The van der Waals surface area contributed by atoms with Crippen molar-refractivity contribution >= 4 is 11.8 Å². The van der Waals surface area contributed by atoms with Crippen LogP contribution in [0.3, 0.4) is 0 Å². The number of nitrogens with one attached hydrogen (secondary N) is 1. The van der Waals surface area contributed by atoms with Gasteiger partial charge >= 0.3 is 0 Å². The van der Waals surface area contributed by atoms with Crippen molar-refractivity contribution < 1.29 is 0 Å². The van der Waals surface area contributed by atoms with Gasteiger partial charge < -0.3 is 9.88 Å². The number of aromatic nitrogens is 2. The maximum Gasteiger partial charge on any atom is 0.0946 e. The molecule has 1 aromatic rings. The first-order chi connectivity index (χ1) is 5.95. The van der Waals surface area contributed by atoms with Crippen LogP contribution in [0.15, 0.2) is 18.7 Å². The Hall–Kier alpha value is -0.480. The second kappa shape index (κ2) is 3.96. The second-order valence-corrected chi connectivity index (χ2v) is 4.36. The van der Waals surface area contributed by atoms with E-state index in [1.807, 2.05) is 18.7 Å². The Morgan fingerprint density at radius 1 is 1.67 bits per heavy atom. The molecule has 0 saturated carbocycles. The van der Waals surface area contributed by atoms with Gasteiger partial charge in [0.1, 0.15) is 0 Å². The molecule has 66 valence electrons. The van der Waals surface area contributed by atoms with Gasteiger partial charge in [0.2, 0.25) is 0 Å². The first-order valence-electron chi connectivity index (χ1n) is 4.23. The Morgan fingerprint density at radius 2 is 2.67 bits per heavy atom. The Balaban J connectivity index is 1.86. The third-order valence-corrected chi connectivity index (χ3v) is 3.21. The predicted octanol–water partition coefficient (Wildman–Crippen LogP) is 0.588. The molecule has 4 heteroatoms. The zero-order valence-corrected chi connectivity index (χ0v) is 7.76. The highest BCUT2D eigenvalue weighted by Gasteiger charge is 2.12. The van der Waals surface area contributed by atoms with Crippen LogP contribution in [-0.2, 0) is 6.54 Å². The summed E-state index contributed by atoms with van der Waals surface area (Å²) < 4.78 is 2.14. The minimum Gasteiger partial charge on any atom is -0.336 e. The minimum absolute atomic E-state index is 0.716. The van der Waals surface area contributed by atoms with Gasteiger partial charge in [-0.1, -0.05) is 0 Å². The van der Waals surface area contributed by atoms with Crippen molar-refractivity contribution in [1.82, 2.24) is 14.9 Å². The molecule has 0 spiro atoms. The van der Waals surface area contributed by atoms with Gasteiger partial charge in [-0.3, -0.25) is 0 Å². The van der Waals surface area contributed by atoms with E-state index in [9.17, 15) is 0 Å². The highest BCUT2D eigenvalue weighted by molar-refractivity contribution is 8.00. The lowest BCUT2D eigenvalue weighted by atomic mass is 10.4. The van der Waals surface area contributed by atoms with Crippen LogP contribution in [-0.4, -0.2) is 33.6 Å². The first-order valence-corrected chi connectivity index (χ1v) is 5.28. The standard InChI is InChI=1S/C8H13N3S/c1-3-11(7-10-1)6-8-5-9-2-4-12-8/h1,3,7-9H,2,4-6H2. The molecule has 1 aliphatic rings. The van der Waals surface area contributed by atoms with E-state index in [-0.39, 0.29) is 0 Å². The zero-order valence-electron chi connectivity index (χ0n) is 6.94. The fraction of sp³-hybridized carbons (Fsp3) is 0.625. The topological polar surface area (TPSA) is 29.9 Å². The molecule has 0 aromatic carbocycles. The van der Waals surface area contributed by atoms with Crippen molar-refractivity contribution in [3.8, 4) is 0 Å². The van der Waals surface area contributed by atoms with E-state index in [4.69, 9.17) is 0 Å². The quantitative estimate of drug-likeness (QED) is 0.727. The molecule has 1 aliphatic heterocycles. The van der Waals surface area contributed by atoms with Crippen molar-refractivity contribution in [3.05, 3.63) is 18.7 Å². The van der Waals surface area contributed by atoms with Gasteiger partial charge in [0, 0.05) is 43.0 Å². The summed E-state index contributed by atoms with van der Waals surface area (Å²) in [6.07, 6.45) is 5.74. The molecule has 0 bridgehead atoms. The fourth-order valence-corrected chi connectivity index (χ4v) is 2.48. The Morgan fingerprint density at radius 3 is 3.33 bits per heavy atom. The summed E-state index contributed by atoms with van der Waals surface area (Å²) in [4.78, 5) is 4.02. The van der Waals surface area contributed by atoms with Crippen molar-refractivity contribution in [2.45, 2.75) is 11.8 Å². The van der Waals surface area contributed by atoms with Gasteiger partial charge in [0.15, 0.2) is 0 Å². The van der Waals surface area contributed by atoms with Gasteiger partial charge in [0.05, 0.1) is 6.33 Å². The van der Waals surface area contributed by atoms with E-state index >= 15 is 0 Å². The summed E-state index contributed by atoms with van der Waals surface area (Å²) in [5, 5.41) is 4.11. The third kappa shape index (κ3) is 2.01. The maximum atomic E-state index is 4.02. The van der Waals surface area contributed by atoms with Crippen LogP contribution in [0.25, 0.3) is 0 Å². The molecule has 0 radical (unpaired) electrons. The summed E-state index contributed by atoms with van der Waals surface area (Å²) in [5.74, 6) is 1.24. The highest BCUT2D eigenvalue weighted by atomic mass is 32.2. The molecule has 1 atom stereocenters. The van der Waals surface area contributed by atoms with Crippen LogP contribution in [0.2, 0.25) is 0 Å². The SMILES string of the molecule is c1cn(CC2CNCCS2)cn1. The van der Waals surface area contributed by atoms with E-state index in [1.54, 1.807) is 0 Å². The predicted molar refractivity (Wildman–Crippen MR) is 51.3 cm³/mol. The number of nitrogens with zero attached hydrogens (tertiary/aromatic N) is 2. The van der Waals surface area contributed by atoms with Crippen LogP contribution in [0.1, 0.15) is 0 Å². The smallest absolute Gasteiger partial charge is 0.0946 e. The Labute approximate surface area is 76.6 Å². The van der Waals surface area contributed by atoms with E-state index < -0.39 is 0 Å². The molecular weight excluding hydrogens is 170 g/mol. The van der Waals surface area contributed by atoms with Crippen LogP contribution in [0.4, 0.5) is 0 Å². The summed E-state index contributed by atoms with van der Waals surface area (Å²) in [6, 6.07) is 0. The average Bonchev–Trinajstić information content (AvgIpc) is 2.59. The molecule has 1 fully saturated rings. The molecule has 1 unspecified atom stereocenters. The number of thioether (sulfide) groups is 1. The van der Waals surface area contributed by atoms with Crippen LogP contribution in [0, 0.1) is 0 Å². The van der Waals surface area contributed by atoms with Crippen molar-refractivity contribution in [2.75, 3.05) is 18.8 Å². The Bertz CT molecular complexity index is 216. The summed E-state index contributed by atoms with van der Waals surface area (Å²) in [6.45, 7) is 3.37. The van der Waals surface area contributed by atoms with Crippen LogP contribution in [0.5, 0.6) is 0 Å². The van der Waals surface area contributed by atoms with Crippen molar-refractivity contribution in [2.24, 2.45) is 0 Å².